The summed E-state index contributed by atoms with van der Waals surface area (Å²) in [4.78, 5) is 25.7. The molecular weight excluding hydrogens is 499 g/mol. The average Bonchev–Trinajstić information content (AvgIpc) is 3.46. The first-order chi connectivity index (χ1) is 17.3. The molecule has 0 amide bonds. The fraction of sp³-hybridized carbons (Fsp3) is 0.538. The van der Waals surface area contributed by atoms with E-state index in [1.807, 2.05) is 29.9 Å². The Morgan fingerprint density at radius 3 is 2.69 bits per heavy atom. The number of carbonyl (C=O) groups is 1. The number of benzene rings is 1. The number of aromatic nitrogens is 4. The van der Waals surface area contributed by atoms with Crippen LogP contribution >= 0.6 is 23.2 Å². The number of piperidine rings is 1. The Labute approximate surface area is 221 Å². The number of fused-ring (bicyclic) bond motifs is 1. The number of nitrogens with zero attached hydrogens (tertiary/aromatic N) is 6. The molecule has 5 rings (SSSR count). The van der Waals surface area contributed by atoms with Gasteiger partial charge in [-0.05, 0) is 70.2 Å². The monoisotopic (exact) mass is 530 g/mol. The summed E-state index contributed by atoms with van der Waals surface area (Å²) in [7, 11) is 0. The van der Waals surface area contributed by atoms with Gasteiger partial charge in [0.1, 0.15) is 11.3 Å². The van der Waals surface area contributed by atoms with Gasteiger partial charge in [-0.15, -0.1) is 0 Å². The van der Waals surface area contributed by atoms with Gasteiger partial charge in [0.05, 0.1) is 17.9 Å². The van der Waals surface area contributed by atoms with Gasteiger partial charge in [-0.3, -0.25) is 9.69 Å². The van der Waals surface area contributed by atoms with Crippen molar-refractivity contribution in [1.29, 1.82) is 0 Å². The van der Waals surface area contributed by atoms with Gasteiger partial charge in [-0.2, -0.15) is 5.10 Å². The van der Waals surface area contributed by atoms with Gasteiger partial charge in [0, 0.05) is 41.6 Å². The molecule has 2 aliphatic rings. The summed E-state index contributed by atoms with van der Waals surface area (Å²) in [5.41, 5.74) is 3.31. The molecule has 0 bridgehead atoms. The Kier molecular flexibility index (Phi) is 7.37. The standard InChI is InChI=1S/C26H32Cl2N6O2/c1-16-25-26(34(31-16)17(2)21-7-5-18(27)14-22(21)28)30-23(15-29-25)32-12-9-20(10-13-32)33-11-3-4-19(33)6-8-24(35)36/h5,7,14-15,17,19-20H,3-4,6,8-13H2,1-2H3,(H,35,36)/t17-,19?/m1/s1. The molecule has 8 nitrogen and oxygen atoms in total. The predicted octanol–water partition coefficient (Wildman–Crippen LogP) is 5.35. The number of halogens is 2. The van der Waals surface area contributed by atoms with Crippen LogP contribution in [0.1, 0.15) is 62.7 Å². The highest BCUT2D eigenvalue weighted by Crippen LogP contribution is 2.32. The molecule has 10 heteroatoms. The molecule has 192 valence electrons. The van der Waals surface area contributed by atoms with Crippen molar-refractivity contribution >= 4 is 46.2 Å². The fourth-order valence-corrected chi connectivity index (χ4v) is 6.37. The molecule has 1 unspecified atom stereocenters. The van der Waals surface area contributed by atoms with Crippen LogP contribution in [0.25, 0.3) is 11.2 Å². The molecule has 0 spiro atoms. The lowest BCUT2D eigenvalue weighted by Gasteiger charge is -2.39. The lowest BCUT2D eigenvalue weighted by Crippen LogP contribution is -2.47. The Bertz CT molecular complexity index is 1260. The maximum atomic E-state index is 11.1. The van der Waals surface area contributed by atoms with Gasteiger partial charge in [0.25, 0.3) is 0 Å². The zero-order chi connectivity index (χ0) is 25.4. The van der Waals surface area contributed by atoms with Crippen molar-refractivity contribution in [1.82, 2.24) is 24.6 Å². The molecule has 36 heavy (non-hydrogen) atoms. The van der Waals surface area contributed by atoms with Crippen molar-refractivity contribution in [2.75, 3.05) is 24.5 Å². The van der Waals surface area contributed by atoms with Crippen LogP contribution < -0.4 is 4.90 Å². The zero-order valence-electron chi connectivity index (χ0n) is 20.7. The van der Waals surface area contributed by atoms with Crippen molar-refractivity contribution < 1.29 is 9.90 Å². The number of carboxylic acid groups (broad SMARTS) is 1. The zero-order valence-corrected chi connectivity index (χ0v) is 22.2. The van der Waals surface area contributed by atoms with Gasteiger partial charge in [-0.1, -0.05) is 29.3 Å². The van der Waals surface area contributed by atoms with Crippen molar-refractivity contribution in [3.05, 3.63) is 45.7 Å². The highest BCUT2D eigenvalue weighted by Gasteiger charge is 2.33. The number of hydrogen-bond acceptors (Lipinski definition) is 6. The van der Waals surface area contributed by atoms with Crippen LogP contribution in [0.3, 0.4) is 0 Å². The van der Waals surface area contributed by atoms with E-state index in [1.54, 1.807) is 6.07 Å². The summed E-state index contributed by atoms with van der Waals surface area (Å²) in [6.45, 7) is 6.88. The van der Waals surface area contributed by atoms with E-state index < -0.39 is 5.97 Å². The fourth-order valence-electron chi connectivity index (χ4n) is 5.80. The molecule has 0 saturated carbocycles. The molecule has 0 aliphatic carbocycles. The summed E-state index contributed by atoms with van der Waals surface area (Å²) in [5, 5.41) is 15.1. The highest BCUT2D eigenvalue weighted by atomic mass is 35.5. The first-order valence-corrected chi connectivity index (χ1v) is 13.5. The molecule has 2 fully saturated rings. The number of carboxylic acids is 1. The normalized spacial score (nSPS) is 20.3. The van der Waals surface area contributed by atoms with Crippen LogP contribution in [0.15, 0.2) is 24.4 Å². The molecule has 0 radical (unpaired) electrons. The molecule has 2 atom stereocenters. The third kappa shape index (κ3) is 5.04. The van der Waals surface area contributed by atoms with Crippen molar-refractivity contribution in [3.8, 4) is 0 Å². The van der Waals surface area contributed by atoms with Crippen LogP contribution in [0, 0.1) is 6.92 Å². The molecule has 2 aliphatic heterocycles. The summed E-state index contributed by atoms with van der Waals surface area (Å²) >= 11 is 12.6. The number of anilines is 1. The smallest absolute Gasteiger partial charge is 0.303 e. The summed E-state index contributed by atoms with van der Waals surface area (Å²) in [6.07, 6.45) is 7.20. The van der Waals surface area contributed by atoms with E-state index in [-0.39, 0.29) is 12.5 Å². The Morgan fingerprint density at radius 2 is 1.97 bits per heavy atom. The molecule has 2 aromatic heterocycles. The Hall–Kier alpha value is -2.42. The summed E-state index contributed by atoms with van der Waals surface area (Å²) in [6, 6.07) is 6.29. The van der Waals surface area contributed by atoms with E-state index in [1.165, 1.54) is 0 Å². The highest BCUT2D eigenvalue weighted by molar-refractivity contribution is 6.35. The first-order valence-electron chi connectivity index (χ1n) is 12.7. The van der Waals surface area contributed by atoms with Crippen LogP contribution in [0.2, 0.25) is 10.0 Å². The largest absolute Gasteiger partial charge is 0.481 e. The van der Waals surface area contributed by atoms with Gasteiger partial charge >= 0.3 is 5.97 Å². The van der Waals surface area contributed by atoms with Crippen molar-refractivity contribution in [2.45, 2.75) is 70.5 Å². The van der Waals surface area contributed by atoms with Crippen molar-refractivity contribution in [2.24, 2.45) is 0 Å². The number of likely N-dealkylation sites (tertiary alicyclic amines) is 1. The van der Waals surface area contributed by atoms with Crippen molar-refractivity contribution in [3.63, 3.8) is 0 Å². The minimum absolute atomic E-state index is 0.126. The lowest BCUT2D eigenvalue weighted by atomic mass is 10.0. The topological polar surface area (TPSA) is 87.4 Å². The second kappa shape index (κ2) is 10.5. The molecule has 1 aromatic carbocycles. The van der Waals surface area contributed by atoms with E-state index in [4.69, 9.17) is 43.4 Å². The first kappa shape index (κ1) is 25.2. The minimum atomic E-state index is -0.701. The van der Waals surface area contributed by atoms with E-state index >= 15 is 0 Å². The predicted molar refractivity (Wildman–Crippen MR) is 142 cm³/mol. The quantitative estimate of drug-likeness (QED) is 0.440. The number of hydrogen-bond donors (Lipinski definition) is 1. The van der Waals surface area contributed by atoms with Gasteiger partial charge < -0.3 is 10.0 Å². The van der Waals surface area contributed by atoms with Crippen LogP contribution in [-0.4, -0.2) is 67.4 Å². The maximum absolute atomic E-state index is 11.1. The third-order valence-corrected chi connectivity index (χ3v) is 8.27. The molecule has 1 N–H and O–H groups in total. The number of aliphatic carboxylic acids is 1. The number of aryl methyl sites for hydroxylation is 1. The molecule has 3 aromatic rings. The summed E-state index contributed by atoms with van der Waals surface area (Å²) < 4.78 is 1.90. The Morgan fingerprint density at radius 1 is 1.19 bits per heavy atom. The SMILES string of the molecule is Cc1nn([C@H](C)c2ccc(Cl)cc2Cl)c2nc(N3CCC(N4CCCC4CCC(=O)O)CC3)cnc12. The van der Waals surface area contributed by atoms with Crippen LogP contribution in [-0.2, 0) is 4.79 Å². The molecular formula is C26H32Cl2N6O2. The van der Waals surface area contributed by atoms with E-state index in [9.17, 15) is 4.79 Å². The summed E-state index contributed by atoms with van der Waals surface area (Å²) in [5.74, 6) is 0.160. The average molecular weight is 531 g/mol. The lowest BCUT2D eigenvalue weighted by molar-refractivity contribution is -0.137. The van der Waals surface area contributed by atoms with Gasteiger partial charge in [0.2, 0.25) is 0 Å². The second-order valence-electron chi connectivity index (χ2n) is 9.96. The van der Waals surface area contributed by atoms with E-state index in [2.05, 4.69) is 16.7 Å². The van der Waals surface area contributed by atoms with E-state index in [0.29, 0.717) is 22.1 Å². The maximum Gasteiger partial charge on any atom is 0.303 e. The molecule has 4 heterocycles. The van der Waals surface area contributed by atoms with E-state index in [0.717, 1.165) is 80.0 Å². The van der Waals surface area contributed by atoms with Crippen LogP contribution in [0.5, 0.6) is 0 Å². The minimum Gasteiger partial charge on any atom is -0.481 e. The van der Waals surface area contributed by atoms with Gasteiger partial charge in [-0.25, -0.2) is 14.6 Å². The molecule has 2 saturated heterocycles. The van der Waals surface area contributed by atoms with Gasteiger partial charge in [0.15, 0.2) is 5.65 Å². The third-order valence-electron chi connectivity index (χ3n) is 7.71. The van der Waals surface area contributed by atoms with Crippen LogP contribution in [0.4, 0.5) is 5.82 Å². The second-order valence-corrected chi connectivity index (χ2v) is 10.8. The number of rotatable bonds is 7. The Balaban J connectivity index is 1.32.